The van der Waals surface area contributed by atoms with Crippen LogP contribution in [0.3, 0.4) is 0 Å². The first kappa shape index (κ1) is 33.6. The van der Waals surface area contributed by atoms with Crippen LogP contribution >= 0.6 is 36.7 Å². The van der Waals surface area contributed by atoms with Crippen molar-refractivity contribution < 1.29 is 19.8 Å². The number of thiocarbonyl (C=S) groups is 3. The molecule has 0 saturated heterocycles. The van der Waals surface area contributed by atoms with E-state index < -0.39 is 0 Å². The molecule has 0 aromatic carbocycles. The summed E-state index contributed by atoms with van der Waals surface area (Å²) < 4.78 is 0.250. The number of rotatable bonds is 10. The molecule has 0 aliphatic heterocycles. The first-order valence-electron chi connectivity index (χ1n) is 8.09. The maximum absolute atomic E-state index is 4.66. The molecule has 0 unspecified atom stereocenters. The van der Waals surface area contributed by atoms with Crippen LogP contribution in [0.5, 0.6) is 0 Å². The summed E-state index contributed by atoms with van der Waals surface area (Å²) in [5.41, 5.74) is 14.0. The van der Waals surface area contributed by atoms with E-state index in [1.165, 1.54) is 69.0 Å². The van der Waals surface area contributed by atoms with Gasteiger partial charge in [0.05, 0.1) is 0 Å². The molecule has 0 heterocycles. The third-order valence-corrected chi connectivity index (χ3v) is 3.21. The van der Waals surface area contributed by atoms with Crippen LogP contribution in [0.2, 0.25) is 4.81 Å². The molecular formula is C15H31MoN3S6. The van der Waals surface area contributed by atoms with E-state index in [-0.39, 0.29) is 13.0 Å². The Hall–Kier alpha value is 1.02. The van der Waals surface area contributed by atoms with Gasteiger partial charge in [-0.15, -0.1) is 0 Å². The topological polar surface area (TPSA) is 78.1 Å². The molecule has 0 aliphatic carbocycles. The van der Waals surface area contributed by atoms with Crippen molar-refractivity contribution in [1.29, 1.82) is 0 Å². The zero-order valence-corrected chi connectivity index (χ0v) is 21.8. The van der Waals surface area contributed by atoms with Crippen molar-refractivity contribution >= 4 is 87.5 Å². The predicted octanol–water partition coefficient (Wildman–Crippen LogP) is 4.20. The van der Waals surface area contributed by atoms with Crippen molar-refractivity contribution in [2.24, 2.45) is 17.2 Å². The van der Waals surface area contributed by atoms with Gasteiger partial charge in [-0.25, -0.2) is 0 Å². The number of unbranched alkanes of at least 4 members (excludes halogenated alkanes) is 9. The summed E-state index contributed by atoms with van der Waals surface area (Å²) >= 11 is 27.0. The minimum absolute atomic E-state index is 0.0833. The van der Waals surface area contributed by atoms with Gasteiger partial charge in [-0.05, 0) is 0 Å². The minimum atomic E-state index is 0.0833. The second-order valence-corrected chi connectivity index (χ2v) is 9.26. The Labute approximate surface area is 198 Å². The Balaban J connectivity index is -0.000000150. The minimum Gasteiger partial charge on any atom is -0.415 e. The fourth-order valence-electron chi connectivity index (χ4n) is 1.59. The van der Waals surface area contributed by atoms with Gasteiger partial charge in [-0.1, -0.05) is 13.0 Å². The van der Waals surface area contributed by atoms with Gasteiger partial charge >= 0.3 is 95.8 Å². The molecule has 3 nitrogen and oxygen atoms in total. The Morgan fingerprint density at radius 2 is 0.840 bits per heavy atom. The Kier molecular flexibility index (Phi) is 43.9. The molecule has 0 rings (SSSR count). The standard InChI is InChI=1S/C12H25.3CH3NS2.Mo/c1-3-5-7-9-11-12-10-8-6-4-2;3*2-1(3)4;/h1,3-12H2,2H3;3*(H3,2,3,4);/q;;;;+3/p-3. The third-order valence-electron chi connectivity index (χ3n) is 2.50. The SMILES string of the molecule is CCCCCCCCCCC[CH2][Mo+3].NC(=S)[S-].NC(=S)[S-].NC(=S)[S-]. The van der Waals surface area contributed by atoms with Crippen molar-refractivity contribution in [1.82, 2.24) is 0 Å². The quantitative estimate of drug-likeness (QED) is 0.163. The average molecular weight is 542 g/mol. The van der Waals surface area contributed by atoms with Crippen LogP contribution in [0.1, 0.15) is 71.1 Å². The molecule has 0 saturated carbocycles. The van der Waals surface area contributed by atoms with Gasteiger partial charge in [-0.3, -0.25) is 0 Å². The summed E-state index contributed by atoms with van der Waals surface area (Å²) in [6, 6.07) is 0. The van der Waals surface area contributed by atoms with Crippen LogP contribution in [0, 0.1) is 0 Å². The van der Waals surface area contributed by atoms with Crippen molar-refractivity contribution in [3.05, 3.63) is 0 Å². The van der Waals surface area contributed by atoms with Gasteiger partial charge in [0.25, 0.3) is 0 Å². The van der Waals surface area contributed by atoms with E-state index >= 15 is 0 Å². The van der Waals surface area contributed by atoms with Crippen molar-refractivity contribution in [3.63, 3.8) is 0 Å². The van der Waals surface area contributed by atoms with Crippen LogP contribution in [0.25, 0.3) is 0 Å². The van der Waals surface area contributed by atoms with Gasteiger partial charge in [0.15, 0.2) is 0 Å². The van der Waals surface area contributed by atoms with Gasteiger partial charge < -0.3 is 91.7 Å². The molecule has 148 valence electrons. The molecule has 0 spiro atoms. The molecule has 0 aromatic rings. The second kappa shape index (κ2) is 32.7. The largest absolute Gasteiger partial charge is 0.415 e. The van der Waals surface area contributed by atoms with E-state index in [2.05, 4.69) is 118 Å². The fraction of sp³-hybridized carbons (Fsp3) is 0.800. The van der Waals surface area contributed by atoms with Gasteiger partial charge in [0.1, 0.15) is 0 Å². The van der Waals surface area contributed by atoms with Crippen LogP contribution in [-0.4, -0.2) is 13.0 Å². The molecule has 0 amide bonds. The van der Waals surface area contributed by atoms with Gasteiger partial charge in [0, 0.05) is 0 Å². The van der Waals surface area contributed by atoms with E-state index in [0.717, 1.165) is 0 Å². The van der Waals surface area contributed by atoms with Crippen LogP contribution in [0.15, 0.2) is 0 Å². The molecule has 0 aromatic heterocycles. The molecule has 25 heavy (non-hydrogen) atoms. The monoisotopic (exact) mass is 543 g/mol. The molecule has 0 fully saturated rings. The first-order valence-corrected chi connectivity index (χ1v) is 12.0. The second-order valence-electron chi connectivity index (χ2n) is 4.84. The maximum Gasteiger partial charge on any atom is -0.0708 e. The third kappa shape index (κ3) is 109. The summed E-state index contributed by atoms with van der Waals surface area (Å²) in [6.07, 6.45) is 14.6. The maximum atomic E-state index is 4.66. The van der Waals surface area contributed by atoms with Crippen molar-refractivity contribution in [3.8, 4) is 0 Å². The number of nitrogens with two attached hydrogens (primary N) is 3. The molecule has 0 atom stereocenters. The molecule has 0 aliphatic rings. The van der Waals surface area contributed by atoms with E-state index in [9.17, 15) is 0 Å². The van der Waals surface area contributed by atoms with Gasteiger partial charge in [-0.2, -0.15) is 0 Å². The van der Waals surface area contributed by atoms with E-state index in [1.807, 2.05) is 0 Å². The summed E-state index contributed by atoms with van der Waals surface area (Å²) in [7, 11) is 0. The summed E-state index contributed by atoms with van der Waals surface area (Å²) in [6.45, 7) is 2.28. The Morgan fingerprint density at radius 3 is 1.04 bits per heavy atom. The van der Waals surface area contributed by atoms with Crippen molar-refractivity contribution in [2.45, 2.75) is 75.9 Å². The zero-order valence-electron chi connectivity index (χ0n) is 14.9. The van der Waals surface area contributed by atoms with E-state index in [0.29, 0.717) is 0 Å². The number of hydrogen-bond acceptors (Lipinski definition) is 6. The normalized spacial score (nSPS) is 8.32. The van der Waals surface area contributed by atoms with Crippen LogP contribution < -0.4 is 17.2 Å². The zero-order chi connectivity index (χ0) is 20.5. The smallest absolute Gasteiger partial charge is 0.0708 e. The molecule has 10 heteroatoms. The molecule has 0 radical (unpaired) electrons. The molecule has 0 bridgehead atoms. The van der Waals surface area contributed by atoms with Crippen LogP contribution in [-0.2, 0) is 57.7 Å². The summed E-state index contributed by atoms with van der Waals surface area (Å²) in [4.78, 5) is 1.38. The average Bonchev–Trinajstić information content (AvgIpc) is 2.44. The predicted molar refractivity (Wildman–Crippen MR) is 129 cm³/mol. The summed E-state index contributed by atoms with van der Waals surface area (Å²) in [5.74, 6) is 0. The molecular weight excluding hydrogens is 511 g/mol. The first-order chi connectivity index (χ1) is 11.6. The van der Waals surface area contributed by atoms with Gasteiger partial charge in [0.2, 0.25) is 0 Å². The Morgan fingerprint density at radius 1 is 0.640 bits per heavy atom. The Bertz CT molecular complexity index is 256. The van der Waals surface area contributed by atoms with Crippen molar-refractivity contribution in [2.75, 3.05) is 0 Å². The van der Waals surface area contributed by atoms with Crippen LogP contribution in [0.4, 0.5) is 0 Å². The van der Waals surface area contributed by atoms with E-state index in [1.54, 1.807) is 0 Å². The summed E-state index contributed by atoms with van der Waals surface area (Å²) in [5, 5.41) is 0. The number of hydrogen-bond donors (Lipinski definition) is 3. The molecule has 6 N–H and O–H groups in total. The van der Waals surface area contributed by atoms with E-state index in [4.69, 9.17) is 0 Å². The fourth-order valence-corrected chi connectivity index (χ4v) is 2.09.